The van der Waals surface area contributed by atoms with E-state index in [1.165, 1.54) is 19.4 Å². The zero-order valence-electron chi connectivity index (χ0n) is 13.3. The Labute approximate surface area is 148 Å². The number of nitrogens with one attached hydrogen (secondary N) is 2. The summed E-state index contributed by atoms with van der Waals surface area (Å²) in [6.07, 6.45) is 1.51. The average Bonchev–Trinajstić information content (AvgIpc) is 3.14. The summed E-state index contributed by atoms with van der Waals surface area (Å²) < 4.78 is 10.5. The van der Waals surface area contributed by atoms with Crippen LogP contribution in [0.3, 0.4) is 0 Å². The molecule has 2 heterocycles. The van der Waals surface area contributed by atoms with Gasteiger partial charge in [0, 0.05) is 17.1 Å². The third kappa shape index (κ3) is 3.75. The van der Waals surface area contributed by atoms with Crippen molar-refractivity contribution in [1.29, 1.82) is 0 Å². The SMILES string of the molecule is COc1cc(Cl)ccc1CNC(=O)c1ccc(-c2ccco2)[nH]c1=O. The molecule has 6 nitrogen and oxygen atoms in total. The summed E-state index contributed by atoms with van der Waals surface area (Å²) in [5.74, 6) is 0.606. The van der Waals surface area contributed by atoms with Crippen LogP contribution in [0.2, 0.25) is 5.02 Å². The number of hydrogen-bond acceptors (Lipinski definition) is 4. The second-order valence-electron chi connectivity index (χ2n) is 5.23. The first kappa shape index (κ1) is 16.9. The van der Waals surface area contributed by atoms with Crippen molar-refractivity contribution in [2.45, 2.75) is 6.54 Å². The molecule has 1 aromatic carbocycles. The number of hydrogen-bond donors (Lipinski definition) is 2. The van der Waals surface area contributed by atoms with Crippen LogP contribution in [-0.4, -0.2) is 18.0 Å². The second kappa shape index (κ2) is 7.27. The number of ether oxygens (including phenoxy) is 1. The molecule has 1 amide bonds. The summed E-state index contributed by atoms with van der Waals surface area (Å²) in [5.41, 5.74) is 0.785. The fourth-order valence-electron chi connectivity index (χ4n) is 2.36. The van der Waals surface area contributed by atoms with E-state index < -0.39 is 11.5 Å². The Balaban J connectivity index is 1.75. The lowest BCUT2D eigenvalue weighted by atomic mass is 10.2. The molecule has 0 atom stereocenters. The van der Waals surface area contributed by atoms with Gasteiger partial charge in [-0.3, -0.25) is 9.59 Å². The molecular formula is C18H15ClN2O4. The van der Waals surface area contributed by atoms with E-state index in [1.807, 2.05) is 0 Å². The summed E-state index contributed by atoms with van der Waals surface area (Å²) in [6.45, 7) is 0.207. The number of carbonyl (C=O) groups excluding carboxylic acids is 1. The van der Waals surface area contributed by atoms with Gasteiger partial charge < -0.3 is 19.5 Å². The van der Waals surface area contributed by atoms with Gasteiger partial charge in [0.05, 0.1) is 19.1 Å². The maximum atomic E-state index is 12.3. The lowest BCUT2D eigenvalue weighted by molar-refractivity contribution is 0.0949. The standard InChI is InChI=1S/C18H15ClN2O4/c1-24-16-9-12(19)5-4-11(16)10-20-17(22)13-6-7-14(21-18(13)23)15-3-2-8-25-15/h2-9H,10H2,1H3,(H,20,22)(H,21,23). The van der Waals surface area contributed by atoms with E-state index in [0.717, 1.165) is 5.56 Å². The normalized spacial score (nSPS) is 10.5. The zero-order valence-corrected chi connectivity index (χ0v) is 14.1. The smallest absolute Gasteiger partial charge is 0.261 e. The molecule has 3 rings (SSSR count). The number of halogens is 1. The van der Waals surface area contributed by atoms with Crippen molar-refractivity contribution in [3.63, 3.8) is 0 Å². The number of amides is 1. The Morgan fingerprint density at radius 3 is 2.80 bits per heavy atom. The topological polar surface area (TPSA) is 84.3 Å². The number of pyridine rings is 1. The van der Waals surface area contributed by atoms with Crippen molar-refractivity contribution in [2.24, 2.45) is 0 Å². The molecule has 7 heteroatoms. The number of furan rings is 1. The maximum Gasteiger partial charge on any atom is 0.261 e. The van der Waals surface area contributed by atoms with Crippen LogP contribution in [0.5, 0.6) is 5.75 Å². The summed E-state index contributed by atoms with van der Waals surface area (Å²) in [7, 11) is 1.52. The molecule has 2 N–H and O–H groups in total. The number of aromatic nitrogens is 1. The predicted molar refractivity (Wildman–Crippen MR) is 93.9 cm³/mol. The summed E-state index contributed by atoms with van der Waals surface area (Å²) in [5, 5.41) is 3.24. The van der Waals surface area contributed by atoms with Gasteiger partial charge in [-0.25, -0.2) is 0 Å². The highest BCUT2D eigenvalue weighted by atomic mass is 35.5. The molecule has 0 saturated heterocycles. The molecule has 2 aromatic heterocycles. The highest BCUT2D eigenvalue weighted by molar-refractivity contribution is 6.30. The Morgan fingerprint density at radius 1 is 1.28 bits per heavy atom. The molecule has 0 aliphatic heterocycles. The first-order chi connectivity index (χ1) is 12.1. The van der Waals surface area contributed by atoms with E-state index in [9.17, 15) is 9.59 Å². The molecule has 0 saturated carbocycles. The number of rotatable bonds is 5. The van der Waals surface area contributed by atoms with Crippen molar-refractivity contribution >= 4 is 17.5 Å². The molecule has 0 bridgehead atoms. The maximum absolute atomic E-state index is 12.3. The van der Waals surface area contributed by atoms with E-state index in [0.29, 0.717) is 22.2 Å². The van der Waals surface area contributed by atoms with E-state index in [2.05, 4.69) is 10.3 Å². The molecule has 0 unspecified atom stereocenters. The fourth-order valence-corrected chi connectivity index (χ4v) is 2.53. The molecule has 3 aromatic rings. The van der Waals surface area contributed by atoms with E-state index in [1.54, 1.807) is 36.4 Å². The van der Waals surface area contributed by atoms with Crippen LogP contribution >= 0.6 is 11.6 Å². The molecule has 0 aliphatic rings. The van der Waals surface area contributed by atoms with E-state index in [-0.39, 0.29) is 12.1 Å². The van der Waals surface area contributed by atoms with Crippen molar-refractivity contribution in [3.05, 3.63) is 75.2 Å². The van der Waals surface area contributed by atoms with Gasteiger partial charge in [0.1, 0.15) is 17.1 Å². The van der Waals surface area contributed by atoms with Crippen molar-refractivity contribution in [2.75, 3.05) is 7.11 Å². The highest BCUT2D eigenvalue weighted by Crippen LogP contribution is 2.23. The number of benzene rings is 1. The highest BCUT2D eigenvalue weighted by Gasteiger charge is 2.13. The first-order valence-electron chi connectivity index (χ1n) is 7.46. The average molecular weight is 359 g/mol. The van der Waals surface area contributed by atoms with Gasteiger partial charge in [0.15, 0.2) is 0 Å². The van der Waals surface area contributed by atoms with Crippen molar-refractivity contribution in [1.82, 2.24) is 10.3 Å². The van der Waals surface area contributed by atoms with Crippen molar-refractivity contribution in [3.8, 4) is 17.2 Å². The van der Waals surface area contributed by atoms with Gasteiger partial charge in [-0.15, -0.1) is 0 Å². The predicted octanol–water partition coefficient (Wildman–Crippen LogP) is 3.23. The van der Waals surface area contributed by atoms with Crippen LogP contribution in [0, 0.1) is 0 Å². The molecular weight excluding hydrogens is 344 g/mol. The second-order valence-corrected chi connectivity index (χ2v) is 5.67. The van der Waals surface area contributed by atoms with Crippen LogP contribution in [0.25, 0.3) is 11.5 Å². The van der Waals surface area contributed by atoms with Crippen molar-refractivity contribution < 1.29 is 13.9 Å². The monoisotopic (exact) mass is 358 g/mol. The van der Waals surface area contributed by atoms with Crippen LogP contribution in [0.15, 0.2) is 57.9 Å². The minimum absolute atomic E-state index is 0.0169. The summed E-state index contributed by atoms with van der Waals surface area (Å²) >= 11 is 5.91. The van der Waals surface area contributed by atoms with E-state index >= 15 is 0 Å². The van der Waals surface area contributed by atoms with Crippen LogP contribution in [0.1, 0.15) is 15.9 Å². The van der Waals surface area contributed by atoms with Gasteiger partial charge in [-0.2, -0.15) is 0 Å². The Morgan fingerprint density at radius 2 is 2.12 bits per heavy atom. The number of carbonyl (C=O) groups is 1. The molecule has 0 aliphatic carbocycles. The van der Waals surface area contributed by atoms with Crippen LogP contribution in [-0.2, 0) is 6.54 Å². The minimum atomic E-state index is -0.491. The number of H-pyrrole nitrogens is 1. The summed E-state index contributed by atoms with van der Waals surface area (Å²) in [6, 6.07) is 11.6. The van der Waals surface area contributed by atoms with Gasteiger partial charge in [-0.1, -0.05) is 17.7 Å². The van der Waals surface area contributed by atoms with Gasteiger partial charge >= 0.3 is 0 Å². The third-order valence-electron chi connectivity index (χ3n) is 3.63. The molecule has 0 radical (unpaired) electrons. The largest absolute Gasteiger partial charge is 0.496 e. The van der Waals surface area contributed by atoms with Crippen LogP contribution < -0.4 is 15.6 Å². The number of methoxy groups -OCH3 is 1. The lowest BCUT2D eigenvalue weighted by Gasteiger charge is -2.10. The first-order valence-corrected chi connectivity index (χ1v) is 7.84. The minimum Gasteiger partial charge on any atom is -0.496 e. The van der Waals surface area contributed by atoms with Crippen LogP contribution in [0.4, 0.5) is 0 Å². The molecule has 25 heavy (non-hydrogen) atoms. The van der Waals surface area contributed by atoms with Gasteiger partial charge in [-0.05, 0) is 36.4 Å². The fraction of sp³-hybridized carbons (Fsp3) is 0.111. The zero-order chi connectivity index (χ0) is 17.8. The van der Waals surface area contributed by atoms with Gasteiger partial charge in [0.25, 0.3) is 11.5 Å². The Bertz CT molecular complexity index is 948. The molecule has 0 fully saturated rings. The molecule has 0 spiro atoms. The van der Waals surface area contributed by atoms with E-state index in [4.69, 9.17) is 20.8 Å². The Kier molecular flexibility index (Phi) is 4.90. The summed E-state index contributed by atoms with van der Waals surface area (Å²) in [4.78, 5) is 27.1. The quantitative estimate of drug-likeness (QED) is 0.733. The molecule has 128 valence electrons. The van der Waals surface area contributed by atoms with Gasteiger partial charge in [0.2, 0.25) is 0 Å². The lowest BCUT2D eigenvalue weighted by Crippen LogP contribution is -2.29. The third-order valence-corrected chi connectivity index (χ3v) is 3.86. The Hall–Kier alpha value is -2.99. The number of aromatic amines is 1.